The number of carbonyl (C=O) groups excluding carboxylic acids is 1. The molecule has 1 heterocycles. The molecule has 0 aliphatic rings. The van der Waals surface area contributed by atoms with Gasteiger partial charge in [-0.3, -0.25) is 9.78 Å². The van der Waals surface area contributed by atoms with Gasteiger partial charge in [0.05, 0.1) is 4.90 Å². The predicted molar refractivity (Wildman–Crippen MR) is 83.2 cm³/mol. The van der Waals surface area contributed by atoms with Crippen molar-refractivity contribution in [3.63, 3.8) is 0 Å². The van der Waals surface area contributed by atoms with E-state index in [4.69, 9.17) is 11.6 Å². The van der Waals surface area contributed by atoms with Gasteiger partial charge in [-0.1, -0.05) is 11.6 Å². The molecule has 0 atom stereocenters. The quantitative estimate of drug-likeness (QED) is 0.779. The molecule has 1 aromatic heterocycles. The molecule has 0 bridgehead atoms. The third-order valence-electron chi connectivity index (χ3n) is 2.77. The molecule has 2 rings (SSSR count). The molecule has 8 heteroatoms. The lowest BCUT2D eigenvalue weighted by Gasteiger charge is -2.08. The van der Waals surface area contributed by atoms with Gasteiger partial charge in [0.2, 0.25) is 10.0 Å². The number of carbonyl (C=O) groups is 1. The van der Waals surface area contributed by atoms with Crippen molar-refractivity contribution in [1.29, 1.82) is 0 Å². The van der Waals surface area contributed by atoms with Crippen LogP contribution in [0.1, 0.15) is 10.4 Å². The molecule has 6 nitrogen and oxygen atoms in total. The highest BCUT2D eigenvalue weighted by Gasteiger charge is 2.13. The lowest BCUT2D eigenvalue weighted by Crippen LogP contribution is -2.34. The van der Waals surface area contributed by atoms with Crippen LogP contribution in [0.3, 0.4) is 0 Å². The number of sulfonamides is 1. The average molecular weight is 340 g/mol. The summed E-state index contributed by atoms with van der Waals surface area (Å²) in [6, 6.07) is 8.99. The minimum absolute atomic E-state index is 0.0851. The van der Waals surface area contributed by atoms with Crippen molar-refractivity contribution in [1.82, 2.24) is 15.0 Å². The molecule has 1 amide bonds. The topological polar surface area (TPSA) is 88.2 Å². The SMILES string of the molecule is O=C(NCCNS(=O)(=O)c1ccc(Cl)cc1)c1ccncc1. The van der Waals surface area contributed by atoms with Crippen molar-refractivity contribution in [3.8, 4) is 0 Å². The van der Waals surface area contributed by atoms with Crippen LogP contribution < -0.4 is 10.0 Å². The van der Waals surface area contributed by atoms with Crippen LogP contribution in [0.15, 0.2) is 53.7 Å². The summed E-state index contributed by atoms with van der Waals surface area (Å²) in [6.45, 7) is 0.260. The number of aromatic nitrogens is 1. The average Bonchev–Trinajstić information content (AvgIpc) is 2.52. The molecular formula is C14H14ClN3O3S. The van der Waals surface area contributed by atoms with E-state index >= 15 is 0 Å². The zero-order valence-electron chi connectivity index (χ0n) is 11.5. The minimum Gasteiger partial charge on any atom is -0.351 e. The summed E-state index contributed by atoms with van der Waals surface area (Å²) in [5, 5.41) is 3.08. The van der Waals surface area contributed by atoms with E-state index in [1.165, 1.54) is 36.7 Å². The second kappa shape index (κ2) is 7.35. The van der Waals surface area contributed by atoms with Crippen LogP contribution in [-0.2, 0) is 10.0 Å². The highest BCUT2D eigenvalue weighted by Crippen LogP contribution is 2.13. The van der Waals surface area contributed by atoms with E-state index in [2.05, 4.69) is 15.0 Å². The van der Waals surface area contributed by atoms with Crippen molar-refractivity contribution >= 4 is 27.5 Å². The van der Waals surface area contributed by atoms with Crippen molar-refractivity contribution in [2.24, 2.45) is 0 Å². The summed E-state index contributed by atoms with van der Waals surface area (Å²) in [7, 11) is -3.61. The van der Waals surface area contributed by atoms with Crippen molar-refractivity contribution in [2.45, 2.75) is 4.90 Å². The summed E-state index contributed by atoms with van der Waals surface area (Å²) in [5.41, 5.74) is 0.468. The molecule has 1 aromatic carbocycles. The molecule has 0 aliphatic carbocycles. The number of halogens is 1. The lowest BCUT2D eigenvalue weighted by molar-refractivity contribution is 0.0954. The summed E-state index contributed by atoms with van der Waals surface area (Å²) in [6.07, 6.45) is 3.02. The van der Waals surface area contributed by atoms with Gasteiger partial charge in [-0.15, -0.1) is 0 Å². The predicted octanol–water partition coefficient (Wildman–Crippen LogP) is 1.44. The fourth-order valence-corrected chi connectivity index (χ4v) is 2.82. The van der Waals surface area contributed by atoms with Crippen LogP contribution in [0.25, 0.3) is 0 Å². The molecule has 22 heavy (non-hydrogen) atoms. The molecule has 0 radical (unpaired) electrons. The van der Waals surface area contributed by atoms with Gasteiger partial charge in [-0.25, -0.2) is 13.1 Å². The Balaban J connectivity index is 1.83. The maximum absolute atomic E-state index is 12.0. The Labute approximate surface area is 133 Å². The van der Waals surface area contributed by atoms with Gasteiger partial charge in [0.25, 0.3) is 5.91 Å². The van der Waals surface area contributed by atoms with Crippen LogP contribution in [-0.4, -0.2) is 32.4 Å². The molecule has 0 aliphatic heterocycles. The third-order valence-corrected chi connectivity index (χ3v) is 4.50. The summed E-state index contributed by atoms with van der Waals surface area (Å²) >= 11 is 5.71. The highest BCUT2D eigenvalue weighted by atomic mass is 35.5. The molecule has 0 saturated carbocycles. The van der Waals surface area contributed by atoms with Gasteiger partial charge in [0.1, 0.15) is 0 Å². The van der Waals surface area contributed by atoms with E-state index in [9.17, 15) is 13.2 Å². The van der Waals surface area contributed by atoms with Crippen molar-refractivity contribution in [2.75, 3.05) is 13.1 Å². The first kappa shape index (κ1) is 16.4. The molecule has 0 unspecified atom stereocenters. The Bertz CT molecular complexity index is 734. The van der Waals surface area contributed by atoms with Crippen LogP contribution in [0.2, 0.25) is 5.02 Å². The maximum atomic E-state index is 12.0. The van der Waals surface area contributed by atoms with E-state index < -0.39 is 10.0 Å². The number of rotatable bonds is 6. The van der Waals surface area contributed by atoms with Crippen LogP contribution in [0.5, 0.6) is 0 Å². The van der Waals surface area contributed by atoms with Crippen molar-refractivity contribution in [3.05, 3.63) is 59.4 Å². The number of pyridine rings is 1. The van der Waals surface area contributed by atoms with E-state index in [1.807, 2.05) is 0 Å². The first-order valence-corrected chi connectivity index (χ1v) is 8.28. The van der Waals surface area contributed by atoms with Gasteiger partial charge < -0.3 is 5.32 Å². The Morgan fingerprint density at radius 3 is 2.32 bits per heavy atom. The van der Waals surface area contributed by atoms with Crippen LogP contribution >= 0.6 is 11.6 Å². The third kappa shape index (κ3) is 4.52. The molecule has 116 valence electrons. The Hall–Kier alpha value is -1.96. The standard InChI is InChI=1S/C14H14ClN3O3S/c15-12-1-3-13(4-2-12)22(20,21)18-10-9-17-14(19)11-5-7-16-8-6-11/h1-8,18H,9-10H2,(H,17,19). The number of amides is 1. The van der Waals surface area contributed by atoms with E-state index in [-0.39, 0.29) is 23.9 Å². The van der Waals surface area contributed by atoms with Gasteiger partial charge >= 0.3 is 0 Å². The first-order valence-electron chi connectivity index (χ1n) is 6.42. The maximum Gasteiger partial charge on any atom is 0.251 e. The fourth-order valence-electron chi connectivity index (χ4n) is 1.66. The van der Waals surface area contributed by atoms with Gasteiger partial charge in [-0.05, 0) is 36.4 Å². The Morgan fingerprint density at radius 1 is 1.05 bits per heavy atom. The number of benzene rings is 1. The van der Waals surface area contributed by atoms with Gasteiger partial charge in [0, 0.05) is 36.1 Å². The molecule has 0 spiro atoms. The molecule has 0 saturated heterocycles. The second-order valence-electron chi connectivity index (χ2n) is 4.34. The summed E-state index contributed by atoms with van der Waals surface area (Å²) in [4.78, 5) is 15.7. The van der Waals surface area contributed by atoms with Crippen molar-refractivity contribution < 1.29 is 13.2 Å². The zero-order chi connectivity index (χ0) is 16.0. The molecular weight excluding hydrogens is 326 g/mol. The number of hydrogen-bond acceptors (Lipinski definition) is 4. The first-order chi connectivity index (χ1) is 10.5. The Kier molecular flexibility index (Phi) is 5.48. The molecule has 2 N–H and O–H groups in total. The zero-order valence-corrected chi connectivity index (χ0v) is 13.1. The van der Waals surface area contributed by atoms with E-state index in [1.54, 1.807) is 12.1 Å². The van der Waals surface area contributed by atoms with E-state index in [0.29, 0.717) is 10.6 Å². The van der Waals surface area contributed by atoms with Gasteiger partial charge in [0.15, 0.2) is 0 Å². The summed E-state index contributed by atoms with van der Waals surface area (Å²) in [5.74, 6) is -0.284. The smallest absolute Gasteiger partial charge is 0.251 e. The molecule has 2 aromatic rings. The normalized spacial score (nSPS) is 11.1. The monoisotopic (exact) mass is 339 g/mol. The second-order valence-corrected chi connectivity index (χ2v) is 6.55. The number of nitrogens with one attached hydrogen (secondary N) is 2. The number of nitrogens with zero attached hydrogens (tertiary/aromatic N) is 1. The lowest BCUT2D eigenvalue weighted by atomic mass is 10.2. The highest BCUT2D eigenvalue weighted by molar-refractivity contribution is 7.89. The summed E-state index contributed by atoms with van der Waals surface area (Å²) < 4.78 is 26.4. The number of hydrogen-bond donors (Lipinski definition) is 2. The van der Waals surface area contributed by atoms with E-state index in [0.717, 1.165) is 0 Å². The van der Waals surface area contributed by atoms with Crippen LogP contribution in [0.4, 0.5) is 0 Å². The Morgan fingerprint density at radius 2 is 1.68 bits per heavy atom. The minimum atomic E-state index is -3.61. The van der Waals surface area contributed by atoms with Crippen LogP contribution in [0, 0.1) is 0 Å². The molecule has 0 fully saturated rings. The van der Waals surface area contributed by atoms with Gasteiger partial charge in [-0.2, -0.15) is 0 Å². The largest absolute Gasteiger partial charge is 0.351 e. The fraction of sp³-hybridized carbons (Fsp3) is 0.143.